The highest BCUT2D eigenvalue weighted by atomic mass is 79.9. The topological polar surface area (TPSA) is 40.5 Å². The van der Waals surface area contributed by atoms with E-state index >= 15 is 0 Å². The summed E-state index contributed by atoms with van der Waals surface area (Å²) in [6, 6.07) is 2.13. The number of aliphatic hydroxyl groups excluding tert-OH is 1. The average Bonchev–Trinajstić information content (AvgIpc) is 1.96. The number of halogens is 2. The molecule has 2 N–H and O–H groups in total. The van der Waals surface area contributed by atoms with Crippen LogP contribution >= 0.6 is 15.9 Å². The quantitative estimate of drug-likeness (QED) is 0.758. The fourth-order valence-corrected chi connectivity index (χ4v) is 1.10. The van der Waals surface area contributed by atoms with Crippen molar-refractivity contribution in [3.8, 4) is 5.75 Å². The van der Waals surface area contributed by atoms with Gasteiger partial charge in [-0.3, -0.25) is 0 Å². The van der Waals surface area contributed by atoms with Gasteiger partial charge >= 0.3 is 0 Å². The van der Waals surface area contributed by atoms with Gasteiger partial charge in [0.05, 0.1) is 11.1 Å². The number of aliphatic hydroxyl groups is 1. The normalized spacial score (nSPS) is 10.1. The number of hydrogen-bond donors (Lipinski definition) is 2. The molecule has 0 radical (unpaired) electrons. The van der Waals surface area contributed by atoms with Crippen molar-refractivity contribution in [3.63, 3.8) is 0 Å². The molecule has 1 rings (SSSR count). The summed E-state index contributed by atoms with van der Waals surface area (Å²) in [4.78, 5) is 0. The second kappa shape index (κ2) is 3.19. The number of benzene rings is 1. The maximum Gasteiger partial charge on any atom is 0.133 e. The van der Waals surface area contributed by atoms with Crippen molar-refractivity contribution in [3.05, 3.63) is 28.0 Å². The molecule has 4 heteroatoms. The summed E-state index contributed by atoms with van der Waals surface area (Å²) in [5.41, 5.74) is 0.336. The van der Waals surface area contributed by atoms with Crippen LogP contribution in [0.3, 0.4) is 0 Å². The largest absolute Gasteiger partial charge is 0.507 e. The van der Waals surface area contributed by atoms with E-state index in [1.807, 2.05) is 0 Å². The van der Waals surface area contributed by atoms with Crippen LogP contribution in [0.4, 0.5) is 4.39 Å². The van der Waals surface area contributed by atoms with Crippen LogP contribution in [0.5, 0.6) is 5.75 Å². The standard InChI is InChI=1S/C7H6BrFO2/c8-7-4(3-10)1-5(9)2-6(7)11/h1-2,10-11H,3H2. The van der Waals surface area contributed by atoms with Crippen LogP contribution in [0.2, 0.25) is 0 Å². The lowest BCUT2D eigenvalue weighted by Gasteiger charge is -2.02. The summed E-state index contributed by atoms with van der Waals surface area (Å²) in [7, 11) is 0. The molecule has 0 amide bonds. The van der Waals surface area contributed by atoms with Crippen LogP contribution < -0.4 is 0 Å². The van der Waals surface area contributed by atoms with E-state index in [4.69, 9.17) is 10.2 Å². The van der Waals surface area contributed by atoms with Gasteiger partial charge in [0.2, 0.25) is 0 Å². The van der Waals surface area contributed by atoms with E-state index < -0.39 is 5.82 Å². The Bertz CT molecular complexity index is 275. The summed E-state index contributed by atoms with van der Waals surface area (Å²) in [6.45, 7) is -0.300. The molecule has 0 aliphatic rings. The molecular formula is C7H6BrFO2. The van der Waals surface area contributed by atoms with Gasteiger partial charge in [0.25, 0.3) is 0 Å². The molecule has 1 aromatic carbocycles. The molecule has 1 aromatic rings. The zero-order valence-corrected chi connectivity index (χ0v) is 7.10. The molecule has 0 bridgehead atoms. The van der Waals surface area contributed by atoms with Crippen LogP contribution in [-0.4, -0.2) is 10.2 Å². The van der Waals surface area contributed by atoms with E-state index in [2.05, 4.69) is 15.9 Å². The second-order valence-corrected chi connectivity index (χ2v) is 2.85. The van der Waals surface area contributed by atoms with Gasteiger partial charge in [-0.15, -0.1) is 0 Å². The number of phenolic OH excluding ortho intramolecular Hbond substituents is 1. The van der Waals surface area contributed by atoms with Crippen LogP contribution in [-0.2, 0) is 6.61 Å². The Kier molecular flexibility index (Phi) is 2.46. The summed E-state index contributed by atoms with van der Waals surface area (Å²) < 4.78 is 12.8. The minimum atomic E-state index is -0.560. The molecule has 0 fully saturated rings. The lowest BCUT2D eigenvalue weighted by Crippen LogP contribution is -1.87. The predicted molar refractivity (Wildman–Crippen MR) is 41.7 cm³/mol. The highest BCUT2D eigenvalue weighted by Gasteiger charge is 2.05. The molecule has 0 heterocycles. The predicted octanol–water partition coefficient (Wildman–Crippen LogP) is 1.79. The molecule has 0 spiro atoms. The molecule has 0 aliphatic carbocycles. The molecule has 0 saturated heterocycles. The first kappa shape index (κ1) is 8.49. The maximum atomic E-state index is 12.5. The van der Waals surface area contributed by atoms with Gasteiger partial charge in [0.1, 0.15) is 11.6 Å². The zero-order valence-electron chi connectivity index (χ0n) is 5.51. The molecule has 0 atom stereocenters. The zero-order chi connectivity index (χ0) is 8.43. The fourth-order valence-electron chi connectivity index (χ4n) is 0.745. The smallest absolute Gasteiger partial charge is 0.133 e. The number of phenols is 1. The van der Waals surface area contributed by atoms with Crippen molar-refractivity contribution in [2.75, 3.05) is 0 Å². The van der Waals surface area contributed by atoms with Crippen molar-refractivity contribution < 1.29 is 14.6 Å². The number of rotatable bonds is 1. The molecule has 11 heavy (non-hydrogen) atoms. The second-order valence-electron chi connectivity index (χ2n) is 2.06. The average molecular weight is 221 g/mol. The summed E-state index contributed by atoms with van der Waals surface area (Å²) in [5, 5.41) is 17.7. The third-order valence-corrected chi connectivity index (χ3v) is 2.18. The van der Waals surface area contributed by atoms with Gasteiger partial charge < -0.3 is 10.2 Å². The lowest BCUT2D eigenvalue weighted by molar-refractivity contribution is 0.279. The van der Waals surface area contributed by atoms with Gasteiger partial charge in [-0.1, -0.05) is 0 Å². The summed E-state index contributed by atoms with van der Waals surface area (Å²) in [6.07, 6.45) is 0. The number of hydrogen-bond acceptors (Lipinski definition) is 2. The number of aromatic hydroxyl groups is 1. The van der Waals surface area contributed by atoms with Gasteiger partial charge in [-0.05, 0) is 27.6 Å². The van der Waals surface area contributed by atoms with Crippen LogP contribution in [0, 0.1) is 5.82 Å². The molecule has 0 unspecified atom stereocenters. The third kappa shape index (κ3) is 1.70. The van der Waals surface area contributed by atoms with E-state index in [1.165, 1.54) is 0 Å². The van der Waals surface area contributed by atoms with Crippen LogP contribution in [0.15, 0.2) is 16.6 Å². The first-order valence-corrected chi connectivity index (χ1v) is 3.72. The van der Waals surface area contributed by atoms with E-state index in [0.29, 0.717) is 10.0 Å². The minimum Gasteiger partial charge on any atom is -0.507 e. The SMILES string of the molecule is OCc1cc(F)cc(O)c1Br. The van der Waals surface area contributed by atoms with Crippen molar-refractivity contribution in [1.29, 1.82) is 0 Å². The highest BCUT2D eigenvalue weighted by Crippen LogP contribution is 2.28. The van der Waals surface area contributed by atoms with Gasteiger partial charge in [0.15, 0.2) is 0 Å². The Balaban J connectivity index is 3.24. The monoisotopic (exact) mass is 220 g/mol. The Morgan fingerprint density at radius 3 is 2.64 bits per heavy atom. The van der Waals surface area contributed by atoms with Crippen LogP contribution in [0.25, 0.3) is 0 Å². The van der Waals surface area contributed by atoms with Crippen molar-refractivity contribution in [2.45, 2.75) is 6.61 Å². The minimum absolute atomic E-state index is 0.200. The third-order valence-electron chi connectivity index (χ3n) is 1.26. The van der Waals surface area contributed by atoms with Gasteiger partial charge in [-0.2, -0.15) is 0 Å². The molecule has 0 aliphatic heterocycles. The molecule has 60 valence electrons. The van der Waals surface area contributed by atoms with Crippen molar-refractivity contribution in [1.82, 2.24) is 0 Å². The van der Waals surface area contributed by atoms with E-state index in [0.717, 1.165) is 12.1 Å². The van der Waals surface area contributed by atoms with E-state index in [9.17, 15) is 4.39 Å². The highest BCUT2D eigenvalue weighted by molar-refractivity contribution is 9.10. The molecule has 0 aromatic heterocycles. The van der Waals surface area contributed by atoms with Crippen molar-refractivity contribution in [2.24, 2.45) is 0 Å². The summed E-state index contributed by atoms with van der Waals surface area (Å²) >= 11 is 3.00. The Labute approximate surface area is 71.4 Å². The Morgan fingerprint density at radius 2 is 2.09 bits per heavy atom. The summed E-state index contributed by atoms with van der Waals surface area (Å²) in [5.74, 6) is -0.760. The first-order chi connectivity index (χ1) is 5.15. The van der Waals surface area contributed by atoms with Crippen molar-refractivity contribution >= 4 is 15.9 Å². The maximum absolute atomic E-state index is 12.5. The molecule has 2 nitrogen and oxygen atoms in total. The first-order valence-electron chi connectivity index (χ1n) is 2.93. The van der Waals surface area contributed by atoms with Gasteiger partial charge in [-0.25, -0.2) is 4.39 Å². The molecular weight excluding hydrogens is 215 g/mol. The van der Waals surface area contributed by atoms with E-state index in [1.54, 1.807) is 0 Å². The van der Waals surface area contributed by atoms with Gasteiger partial charge in [0, 0.05) is 6.07 Å². The molecule has 0 saturated carbocycles. The Hall–Kier alpha value is -0.610. The fraction of sp³-hybridized carbons (Fsp3) is 0.143. The Morgan fingerprint density at radius 1 is 1.45 bits per heavy atom. The lowest BCUT2D eigenvalue weighted by atomic mass is 10.2. The van der Waals surface area contributed by atoms with E-state index in [-0.39, 0.29) is 12.4 Å². The van der Waals surface area contributed by atoms with Crippen LogP contribution in [0.1, 0.15) is 5.56 Å².